The number of anilines is 1. The van der Waals surface area contributed by atoms with E-state index in [1.165, 1.54) is 4.90 Å². The number of nitrogens with one attached hydrogen (secondary N) is 1. The first-order valence-corrected chi connectivity index (χ1v) is 13.5. The summed E-state index contributed by atoms with van der Waals surface area (Å²) in [5, 5.41) is 9.23. The van der Waals surface area contributed by atoms with Crippen molar-refractivity contribution in [2.75, 3.05) is 12.0 Å². The summed E-state index contributed by atoms with van der Waals surface area (Å²) in [6.07, 6.45) is 9.04. The van der Waals surface area contributed by atoms with Crippen LogP contribution in [-0.2, 0) is 4.79 Å². The Kier molecular flexibility index (Phi) is 5.73. The first-order valence-electron chi connectivity index (χ1n) is 13.5. The Morgan fingerprint density at radius 1 is 1.05 bits per heavy atom. The molecule has 3 atom stereocenters. The molecule has 1 aliphatic heterocycles. The first kappa shape index (κ1) is 24.3. The summed E-state index contributed by atoms with van der Waals surface area (Å²) in [6.45, 7) is 2.03. The third-order valence-corrected chi connectivity index (χ3v) is 8.36. The van der Waals surface area contributed by atoms with E-state index in [0.29, 0.717) is 18.5 Å². The number of urea groups is 1. The molecule has 0 bridgehead atoms. The normalized spacial score (nSPS) is 20.9. The molecule has 3 aromatic heterocycles. The molecule has 1 aliphatic carbocycles. The van der Waals surface area contributed by atoms with E-state index in [0.717, 1.165) is 50.8 Å². The minimum atomic E-state index is -0.400. The Morgan fingerprint density at radius 2 is 1.93 bits per heavy atom. The number of fused-ring (bicyclic) bond motifs is 3. The fourth-order valence-corrected chi connectivity index (χ4v) is 6.41. The number of carbonyl (C=O) groups is 2. The summed E-state index contributed by atoms with van der Waals surface area (Å²) in [4.78, 5) is 37.1. The molecule has 2 aromatic carbocycles. The molecule has 1 saturated heterocycles. The maximum atomic E-state index is 13.8. The summed E-state index contributed by atoms with van der Waals surface area (Å²) >= 11 is 0. The van der Waals surface area contributed by atoms with Gasteiger partial charge in [-0.2, -0.15) is 5.10 Å². The Hall–Kier alpha value is -4.79. The van der Waals surface area contributed by atoms with E-state index in [-0.39, 0.29) is 23.8 Å². The van der Waals surface area contributed by atoms with Crippen LogP contribution in [0.5, 0.6) is 5.75 Å². The standard InChI is InChI=1S/C31H28N6O3/c1-18-11-21(16-36-29(18)33-17-34-36)23-10-8-22(40-2)13-26(23)19-7-9-25-27(12-19)35-31(39)37(30(25)38)28-15-32-14-20-5-3-4-6-24(20)28/h3-6,8,10-11,13-17,19,25,27H,7,9,12H2,1-2H3,(H,35,39). The summed E-state index contributed by atoms with van der Waals surface area (Å²) in [5.74, 6) is 0.453. The summed E-state index contributed by atoms with van der Waals surface area (Å²) < 4.78 is 7.39. The number of pyridine rings is 2. The number of amides is 3. The van der Waals surface area contributed by atoms with Crippen molar-refractivity contribution in [3.8, 4) is 16.9 Å². The summed E-state index contributed by atoms with van der Waals surface area (Å²) in [7, 11) is 1.66. The minimum absolute atomic E-state index is 0.136. The van der Waals surface area contributed by atoms with Gasteiger partial charge in [-0.1, -0.05) is 30.3 Å². The van der Waals surface area contributed by atoms with Crippen LogP contribution in [0.1, 0.15) is 36.3 Å². The Bertz CT molecular complexity index is 1790. The van der Waals surface area contributed by atoms with Gasteiger partial charge in [0.05, 0.1) is 24.9 Å². The number of methoxy groups -OCH3 is 1. The highest BCUT2D eigenvalue weighted by Gasteiger charge is 2.45. The molecule has 3 amide bonds. The molecule has 40 heavy (non-hydrogen) atoms. The van der Waals surface area contributed by atoms with Crippen LogP contribution in [0.2, 0.25) is 0 Å². The largest absolute Gasteiger partial charge is 0.497 e. The maximum Gasteiger partial charge on any atom is 0.329 e. The second-order valence-corrected chi connectivity index (χ2v) is 10.6. The average molecular weight is 533 g/mol. The van der Waals surface area contributed by atoms with Crippen LogP contribution in [0, 0.1) is 12.8 Å². The van der Waals surface area contributed by atoms with Crippen molar-refractivity contribution in [3.63, 3.8) is 0 Å². The lowest BCUT2D eigenvalue weighted by Gasteiger charge is -2.42. The highest BCUT2D eigenvalue weighted by Crippen LogP contribution is 2.44. The lowest BCUT2D eigenvalue weighted by molar-refractivity contribution is -0.124. The molecule has 9 nitrogen and oxygen atoms in total. The fraction of sp³-hybridized carbons (Fsp3) is 0.258. The third kappa shape index (κ3) is 3.88. The van der Waals surface area contributed by atoms with Gasteiger partial charge in [-0.25, -0.2) is 19.2 Å². The number of benzene rings is 2. The highest BCUT2D eigenvalue weighted by molar-refractivity contribution is 6.20. The van der Waals surface area contributed by atoms with Crippen molar-refractivity contribution in [3.05, 3.63) is 84.6 Å². The van der Waals surface area contributed by atoms with Gasteiger partial charge in [-0.15, -0.1) is 0 Å². The van der Waals surface area contributed by atoms with Gasteiger partial charge in [0.25, 0.3) is 0 Å². The van der Waals surface area contributed by atoms with Crippen molar-refractivity contribution in [1.29, 1.82) is 0 Å². The maximum absolute atomic E-state index is 13.8. The van der Waals surface area contributed by atoms with E-state index in [1.54, 1.807) is 30.3 Å². The van der Waals surface area contributed by atoms with E-state index in [9.17, 15) is 9.59 Å². The molecule has 1 saturated carbocycles. The van der Waals surface area contributed by atoms with Crippen LogP contribution >= 0.6 is 0 Å². The molecule has 2 fully saturated rings. The number of ether oxygens (including phenoxy) is 1. The number of hydrogen-bond donors (Lipinski definition) is 1. The molecule has 0 spiro atoms. The molecule has 3 unspecified atom stereocenters. The SMILES string of the molecule is COc1ccc(-c2cc(C)c3ncnn3c2)c(C2CCC3C(=O)N(c4cncc5ccccc45)C(=O)NC3C2)c1. The van der Waals surface area contributed by atoms with Gasteiger partial charge in [-0.3, -0.25) is 9.78 Å². The van der Waals surface area contributed by atoms with Crippen LogP contribution in [0.4, 0.5) is 10.5 Å². The lowest BCUT2D eigenvalue weighted by atomic mass is 9.72. The second kappa shape index (κ2) is 9.44. The number of nitrogens with zero attached hydrogens (tertiary/aromatic N) is 5. The number of aromatic nitrogens is 4. The van der Waals surface area contributed by atoms with Gasteiger partial charge in [0.2, 0.25) is 5.91 Å². The van der Waals surface area contributed by atoms with Crippen molar-refractivity contribution in [1.82, 2.24) is 24.9 Å². The number of rotatable bonds is 4. The lowest BCUT2D eigenvalue weighted by Crippen LogP contribution is -2.61. The second-order valence-electron chi connectivity index (χ2n) is 10.6. The van der Waals surface area contributed by atoms with Crippen LogP contribution in [-0.4, -0.2) is 44.7 Å². The zero-order valence-corrected chi connectivity index (χ0v) is 22.2. The zero-order valence-electron chi connectivity index (χ0n) is 22.2. The number of imide groups is 1. The molecule has 7 rings (SSSR count). The molecule has 5 aromatic rings. The van der Waals surface area contributed by atoms with Gasteiger partial charge in [-0.05, 0) is 67.0 Å². The van der Waals surface area contributed by atoms with Crippen molar-refractivity contribution in [2.24, 2.45) is 5.92 Å². The Balaban J connectivity index is 1.21. The fourth-order valence-electron chi connectivity index (χ4n) is 6.41. The van der Waals surface area contributed by atoms with E-state index in [1.807, 2.05) is 43.5 Å². The molecular weight excluding hydrogens is 504 g/mol. The first-order chi connectivity index (χ1) is 19.5. The minimum Gasteiger partial charge on any atom is -0.497 e. The van der Waals surface area contributed by atoms with Crippen molar-refractivity contribution in [2.45, 2.75) is 38.1 Å². The number of carbonyl (C=O) groups excluding carboxylic acids is 2. The van der Waals surface area contributed by atoms with Gasteiger partial charge in [0.1, 0.15) is 12.1 Å². The van der Waals surface area contributed by atoms with E-state index >= 15 is 0 Å². The molecule has 4 heterocycles. The van der Waals surface area contributed by atoms with E-state index in [4.69, 9.17) is 4.74 Å². The predicted molar refractivity (Wildman–Crippen MR) is 151 cm³/mol. The van der Waals surface area contributed by atoms with Gasteiger partial charge in [0.15, 0.2) is 5.65 Å². The quantitative estimate of drug-likeness (QED) is 0.338. The Morgan fingerprint density at radius 3 is 2.80 bits per heavy atom. The van der Waals surface area contributed by atoms with E-state index in [2.05, 4.69) is 38.6 Å². The molecule has 200 valence electrons. The predicted octanol–water partition coefficient (Wildman–Crippen LogP) is 5.27. The molecule has 1 N–H and O–H groups in total. The number of aryl methyl sites for hydroxylation is 1. The van der Waals surface area contributed by atoms with E-state index < -0.39 is 6.03 Å². The van der Waals surface area contributed by atoms with Crippen LogP contribution < -0.4 is 15.0 Å². The summed E-state index contributed by atoms with van der Waals surface area (Å²) in [6, 6.07) is 15.3. The van der Waals surface area contributed by atoms with Gasteiger partial charge >= 0.3 is 6.03 Å². The van der Waals surface area contributed by atoms with Crippen molar-refractivity contribution < 1.29 is 14.3 Å². The van der Waals surface area contributed by atoms with Crippen molar-refractivity contribution >= 4 is 34.0 Å². The molecular formula is C31H28N6O3. The molecule has 9 heteroatoms. The summed E-state index contributed by atoms with van der Waals surface area (Å²) in [5.41, 5.74) is 5.65. The zero-order chi connectivity index (χ0) is 27.4. The molecule has 0 radical (unpaired) electrons. The van der Waals surface area contributed by atoms with Gasteiger partial charge < -0.3 is 10.1 Å². The van der Waals surface area contributed by atoms with Gasteiger partial charge in [0, 0.05) is 34.8 Å². The topological polar surface area (TPSA) is 102 Å². The van der Waals surface area contributed by atoms with Crippen LogP contribution in [0.3, 0.4) is 0 Å². The molecule has 2 aliphatic rings. The third-order valence-electron chi connectivity index (χ3n) is 8.36. The Labute approximate surface area is 230 Å². The number of hydrogen-bond acceptors (Lipinski definition) is 6. The highest BCUT2D eigenvalue weighted by atomic mass is 16.5. The van der Waals surface area contributed by atoms with Crippen LogP contribution in [0.25, 0.3) is 27.5 Å². The monoisotopic (exact) mass is 532 g/mol. The smallest absolute Gasteiger partial charge is 0.329 e. The average Bonchev–Trinajstić information content (AvgIpc) is 3.46. The van der Waals surface area contributed by atoms with Crippen LogP contribution in [0.15, 0.2) is 73.4 Å².